The number of urea groups is 1. The second-order valence-electron chi connectivity index (χ2n) is 2.45. The van der Waals surface area contributed by atoms with E-state index in [9.17, 15) is 9.59 Å². The van der Waals surface area contributed by atoms with Gasteiger partial charge in [0.25, 0.3) is 0 Å². The van der Waals surface area contributed by atoms with E-state index in [0.717, 1.165) is 0 Å². The number of nitrogens with two attached hydrogens (primary N) is 1. The summed E-state index contributed by atoms with van der Waals surface area (Å²) in [5.41, 5.74) is 6.50. The van der Waals surface area contributed by atoms with Crippen molar-refractivity contribution in [1.82, 2.24) is 5.48 Å². The largest absolute Gasteiger partial charge is 0.389 e. The number of hydrogen-bond donors (Lipinski definition) is 3. The molecule has 0 rings (SSSR count). The molecule has 1 unspecified atom stereocenters. The number of nitrogens with one attached hydrogen (secondary N) is 1. The third-order valence-electron chi connectivity index (χ3n) is 1.06. The molecule has 0 aliphatic heterocycles. The van der Waals surface area contributed by atoms with Crippen LogP contribution in [0.15, 0.2) is 11.6 Å². The van der Waals surface area contributed by atoms with Crippen molar-refractivity contribution in [2.45, 2.75) is 20.0 Å². The molecule has 6 nitrogen and oxygen atoms in total. The molecule has 0 spiro atoms. The Hall–Kier alpha value is -1.56. The Bertz CT molecular complexity index is 235. The molecule has 0 aromatic carbocycles. The van der Waals surface area contributed by atoms with Crippen molar-refractivity contribution in [1.29, 1.82) is 0 Å². The molecule has 0 aromatic heterocycles. The summed E-state index contributed by atoms with van der Waals surface area (Å²) < 4.78 is 0. The van der Waals surface area contributed by atoms with Crippen LogP contribution in [-0.4, -0.2) is 23.2 Å². The fourth-order valence-corrected chi connectivity index (χ4v) is 0.607. The monoisotopic (exact) mass is 188 g/mol. The zero-order chi connectivity index (χ0) is 10.4. The molecule has 1 atom stereocenters. The first-order valence-corrected chi connectivity index (χ1v) is 3.56. The van der Waals surface area contributed by atoms with Crippen LogP contribution in [0.3, 0.4) is 0 Å². The molecule has 0 aliphatic rings. The van der Waals surface area contributed by atoms with E-state index < -0.39 is 18.1 Å². The highest BCUT2D eigenvalue weighted by atomic mass is 16.7. The second kappa shape index (κ2) is 5.15. The molecule has 0 fully saturated rings. The number of carbonyl (C=O) groups excluding carboxylic acids is 2. The zero-order valence-electron chi connectivity index (χ0n) is 7.40. The summed E-state index contributed by atoms with van der Waals surface area (Å²) in [7, 11) is 0. The van der Waals surface area contributed by atoms with Gasteiger partial charge in [0.1, 0.15) is 0 Å². The van der Waals surface area contributed by atoms with Gasteiger partial charge in [0.15, 0.2) is 0 Å². The second-order valence-corrected chi connectivity index (χ2v) is 2.45. The normalized spacial score (nSPS) is 13.3. The summed E-state index contributed by atoms with van der Waals surface area (Å²) in [4.78, 5) is 25.2. The molecule has 6 heteroatoms. The summed E-state index contributed by atoms with van der Waals surface area (Å²) in [6.45, 7) is 2.93. The number of aliphatic hydroxyl groups is 1. The highest BCUT2D eigenvalue weighted by molar-refractivity contribution is 5.88. The molecule has 0 aliphatic carbocycles. The Balaban J connectivity index is 4.04. The lowest BCUT2D eigenvalue weighted by Gasteiger charge is -2.03. The SMILES string of the molecule is C/C(=C\C(C)O)C(=O)ONC(N)=O. The molecule has 0 radical (unpaired) electrons. The Labute approximate surface area is 75.3 Å². The predicted octanol–water partition coefficient (Wildman–Crippen LogP) is -0.560. The van der Waals surface area contributed by atoms with Crippen molar-refractivity contribution in [3.63, 3.8) is 0 Å². The average Bonchev–Trinajstić information content (AvgIpc) is 1.98. The van der Waals surface area contributed by atoms with Gasteiger partial charge in [-0.3, -0.25) is 0 Å². The van der Waals surface area contributed by atoms with E-state index in [1.165, 1.54) is 19.9 Å². The molecule has 4 N–H and O–H groups in total. The van der Waals surface area contributed by atoms with Crippen LogP contribution < -0.4 is 11.2 Å². The fraction of sp³-hybridized carbons (Fsp3) is 0.429. The van der Waals surface area contributed by atoms with Crippen LogP contribution in [0.25, 0.3) is 0 Å². The van der Waals surface area contributed by atoms with Crippen LogP contribution in [0, 0.1) is 0 Å². The first-order valence-electron chi connectivity index (χ1n) is 3.56. The number of hydrogen-bond acceptors (Lipinski definition) is 4. The number of rotatable bonds is 2. The van der Waals surface area contributed by atoms with Gasteiger partial charge in [-0.25, -0.2) is 9.59 Å². The van der Waals surface area contributed by atoms with E-state index in [1.807, 2.05) is 0 Å². The van der Waals surface area contributed by atoms with Gasteiger partial charge in [-0.15, -0.1) is 0 Å². The Morgan fingerprint density at radius 1 is 1.62 bits per heavy atom. The van der Waals surface area contributed by atoms with E-state index in [0.29, 0.717) is 0 Å². The number of aliphatic hydroxyl groups excluding tert-OH is 1. The molecule has 13 heavy (non-hydrogen) atoms. The highest BCUT2D eigenvalue weighted by Crippen LogP contribution is 1.97. The average molecular weight is 188 g/mol. The first-order chi connectivity index (χ1) is 5.93. The summed E-state index contributed by atoms with van der Waals surface area (Å²) in [5.74, 6) is -0.764. The van der Waals surface area contributed by atoms with Crippen molar-refractivity contribution in [2.75, 3.05) is 0 Å². The van der Waals surface area contributed by atoms with Gasteiger partial charge in [0.2, 0.25) is 0 Å². The van der Waals surface area contributed by atoms with Crippen LogP contribution in [-0.2, 0) is 9.63 Å². The van der Waals surface area contributed by atoms with Gasteiger partial charge in [-0.1, -0.05) is 0 Å². The van der Waals surface area contributed by atoms with Crippen LogP contribution in [0.1, 0.15) is 13.8 Å². The predicted molar refractivity (Wildman–Crippen MR) is 44.2 cm³/mol. The third-order valence-corrected chi connectivity index (χ3v) is 1.06. The van der Waals surface area contributed by atoms with E-state index >= 15 is 0 Å². The minimum atomic E-state index is -0.960. The van der Waals surface area contributed by atoms with Crippen molar-refractivity contribution in [2.24, 2.45) is 5.73 Å². The number of amides is 2. The number of carbonyl (C=O) groups is 2. The third kappa shape index (κ3) is 5.68. The maximum Gasteiger partial charge on any atom is 0.358 e. The topological polar surface area (TPSA) is 102 Å². The molecular formula is C7H12N2O4. The fourth-order valence-electron chi connectivity index (χ4n) is 0.607. The van der Waals surface area contributed by atoms with Crippen LogP contribution >= 0.6 is 0 Å². The van der Waals surface area contributed by atoms with Crippen molar-refractivity contribution in [3.8, 4) is 0 Å². The molecule has 0 bridgehead atoms. The van der Waals surface area contributed by atoms with Crippen molar-refractivity contribution < 1.29 is 19.5 Å². The zero-order valence-corrected chi connectivity index (χ0v) is 7.40. The molecule has 0 saturated carbocycles. The lowest BCUT2D eigenvalue weighted by Crippen LogP contribution is -2.32. The summed E-state index contributed by atoms with van der Waals surface area (Å²) in [5, 5.41) is 8.85. The quantitative estimate of drug-likeness (QED) is 0.399. The Morgan fingerprint density at radius 3 is 2.54 bits per heavy atom. The van der Waals surface area contributed by atoms with E-state index in [2.05, 4.69) is 10.6 Å². The number of hydroxylamine groups is 1. The summed E-state index contributed by atoms with van der Waals surface area (Å²) in [6, 6.07) is -0.960. The standard InChI is InChI=1S/C7H12N2O4/c1-4(3-5(2)10)6(11)13-9-7(8)12/h3,5,10H,1-2H3,(H3,8,9,12)/b4-3+. The minimum Gasteiger partial charge on any atom is -0.389 e. The number of primary amides is 1. The van der Waals surface area contributed by atoms with Gasteiger partial charge in [0, 0.05) is 5.57 Å². The van der Waals surface area contributed by atoms with Crippen LogP contribution in [0.2, 0.25) is 0 Å². The highest BCUT2D eigenvalue weighted by Gasteiger charge is 2.07. The molecule has 0 saturated heterocycles. The first kappa shape index (κ1) is 11.4. The molecular weight excluding hydrogens is 176 g/mol. The van der Waals surface area contributed by atoms with Crippen molar-refractivity contribution >= 4 is 12.0 Å². The molecule has 74 valence electrons. The van der Waals surface area contributed by atoms with Gasteiger partial charge in [0.05, 0.1) is 6.10 Å². The van der Waals surface area contributed by atoms with Gasteiger partial charge in [-0.05, 0) is 19.9 Å². The molecule has 2 amide bonds. The Morgan fingerprint density at radius 2 is 2.15 bits per heavy atom. The minimum absolute atomic E-state index is 0.184. The van der Waals surface area contributed by atoms with Crippen LogP contribution in [0.4, 0.5) is 4.79 Å². The van der Waals surface area contributed by atoms with Crippen LogP contribution in [0.5, 0.6) is 0 Å². The van der Waals surface area contributed by atoms with Gasteiger partial charge < -0.3 is 15.7 Å². The van der Waals surface area contributed by atoms with Gasteiger partial charge >= 0.3 is 12.0 Å². The lowest BCUT2D eigenvalue weighted by molar-refractivity contribution is -0.143. The summed E-state index contributed by atoms with van der Waals surface area (Å²) >= 11 is 0. The maximum atomic E-state index is 10.9. The smallest absolute Gasteiger partial charge is 0.358 e. The van der Waals surface area contributed by atoms with E-state index in [1.54, 1.807) is 5.48 Å². The van der Waals surface area contributed by atoms with E-state index in [4.69, 9.17) is 5.11 Å². The van der Waals surface area contributed by atoms with E-state index in [-0.39, 0.29) is 5.57 Å². The lowest BCUT2D eigenvalue weighted by atomic mass is 10.2. The molecule has 0 heterocycles. The summed E-state index contributed by atoms with van der Waals surface area (Å²) in [6.07, 6.45) is 0.534. The van der Waals surface area contributed by atoms with Gasteiger partial charge in [-0.2, -0.15) is 5.48 Å². The molecule has 0 aromatic rings. The Kier molecular flexibility index (Phi) is 4.53. The maximum absolute atomic E-state index is 10.9. The van der Waals surface area contributed by atoms with Crippen molar-refractivity contribution in [3.05, 3.63) is 11.6 Å².